The van der Waals surface area contributed by atoms with Gasteiger partial charge in [-0.15, -0.1) is 0 Å². The molecular weight excluding hydrogens is 307 g/mol. The molecule has 2 rings (SSSR count). The Hall–Kier alpha value is -2.18. The van der Waals surface area contributed by atoms with Gasteiger partial charge in [0, 0.05) is 31.9 Å². The van der Waals surface area contributed by atoms with Gasteiger partial charge in [0.25, 0.3) is 0 Å². The van der Waals surface area contributed by atoms with Crippen LogP contribution in [0.25, 0.3) is 0 Å². The molecule has 1 fully saturated rings. The number of rotatable bonds is 2. The van der Waals surface area contributed by atoms with Gasteiger partial charge >= 0.3 is 12.1 Å². The largest absolute Gasteiger partial charge is 0.465 e. The quantitative estimate of drug-likeness (QED) is 0.605. The van der Waals surface area contributed by atoms with Gasteiger partial charge in [-0.05, 0) is 32.9 Å². The number of nitrogens with zero attached hydrogens (tertiary/aromatic N) is 2. The van der Waals surface area contributed by atoms with Crippen molar-refractivity contribution in [2.24, 2.45) is 0 Å². The molecule has 0 bridgehead atoms. The normalized spacial score (nSPS) is 15.2. The highest BCUT2D eigenvalue weighted by Crippen LogP contribution is 2.17. The van der Waals surface area contributed by atoms with Gasteiger partial charge in [0.1, 0.15) is 13.4 Å². The summed E-state index contributed by atoms with van der Waals surface area (Å²) < 4.78 is 10.1. The van der Waals surface area contributed by atoms with E-state index in [9.17, 15) is 9.59 Å². The second-order valence-corrected chi connectivity index (χ2v) is 6.72. The number of methoxy groups -OCH3 is 1. The number of hydrogen-bond donors (Lipinski definition) is 0. The number of anilines is 1. The molecule has 7 heteroatoms. The van der Waals surface area contributed by atoms with Crippen LogP contribution in [0.4, 0.5) is 10.5 Å². The van der Waals surface area contributed by atoms with Crippen LogP contribution >= 0.6 is 0 Å². The monoisotopic (exact) mass is 330 g/mol. The van der Waals surface area contributed by atoms with Crippen molar-refractivity contribution in [2.75, 3.05) is 38.2 Å². The minimum absolute atomic E-state index is 0.295. The molecule has 0 aliphatic carbocycles. The Morgan fingerprint density at radius 1 is 1.12 bits per heavy atom. The Kier molecular flexibility index (Phi) is 5.42. The summed E-state index contributed by atoms with van der Waals surface area (Å²) in [4.78, 5) is 27.4. The number of piperazine rings is 1. The summed E-state index contributed by atoms with van der Waals surface area (Å²) in [6, 6.07) is 5.11. The third kappa shape index (κ3) is 4.43. The lowest BCUT2D eigenvalue weighted by molar-refractivity contribution is 0.0240. The van der Waals surface area contributed by atoms with Crippen LogP contribution in [-0.2, 0) is 9.47 Å². The maximum absolute atomic E-state index is 12.1. The molecule has 1 heterocycles. The lowest BCUT2D eigenvalue weighted by atomic mass is 9.91. The number of carbonyl (C=O) groups excluding carboxylic acids is 2. The molecule has 1 aromatic rings. The second kappa shape index (κ2) is 7.15. The third-order valence-corrected chi connectivity index (χ3v) is 3.72. The Morgan fingerprint density at radius 3 is 2.25 bits per heavy atom. The van der Waals surface area contributed by atoms with Crippen LogP contribution in [0.15, 0.2) is 18.2 Å². The number of hydrogen-bond acceptors (Lipinski definition) is 5. The molecule has 0 aromatic heterocycles. The second-order valence-electron chi connectivity index (χ2n) is 6.72. The van der Waals surface area contributed by atoms with Crippen LogP contribution in [-0.4, -0.2) is 63.7 Å². The van der Waals surface area contributed by atoms with E-state index in [1.54, 1.807) is 17.0 Å². The molecule has 1 aromatic carbocycles. The first-order chi connectivity index (χ1) is 11.2. The predicted octanol–water partition coefficient (Wildman–Crippen LogP) is 1.32. The molecule has 0 saturated carbocycles. The van der Waals surface area contributed by atoms with Crippen LogP contribution in [0.5, 0.6) is 0 Å². The Bertz CT molecular complexity index is 620. The summed E-state index contributed by atoms with van der Waals surface area (Å²) in [6.45, 7) is 7.99. The summed E-state index contributed by atoms with van der Waals surface area (Å²) in [5, 5.41) is 0. The molecule has 2 radical (unpaired) electrons. The summed E-state index contributed by atoms with van der Waals surface area (Å²) in [5.74, 6) is -0.414. The summed E-state index contributed by atoms with van der Waals surface area (Å²) in [7, 11) is 7.40. The molecule has 0 atom stereocenters. The number of benzene rings is 1. The summed E-state index contributed by atoms with van der Waals surface area (Å²) >= 11 is 0. The van der Waals surface area contributed by atoms with E-state index in [1.807, 2.05) is 26.8 Å². The van der Waals surface area contributed by atoms with Gasteiger partial charge in [-0.1, -0.05) is 11.5 Å². The van der Waals surface area contributed by atoms with E-state index in [2.05, 4.69) is 4.90 Å². The molecule has 1 saturated heterocycles. The number of amides is 1. The molecule has 0 N–H and O–H groups in total. The molecule has 1 amide bonds. The number of esters is 1. The van der Waals surface area contributed by atoms with Gasteiger partial charge in [-0.2, -0.15) is 0 Å². The smallest absolute Gasteiger partial charge is 0.410 e. The first kappa shape index (κ1) is 18.2. The van der Waals surface area contributed by atoms with Crippen molar-refractivity contribution in [1.82, 2.24) is 4.90 Å². The fourth-order valence-electron chi connectivity index (χ4n) is 2.54. The number of carbonyl (C=O) groups is 2. The molecule has 1 aliphatic rings. The van der Waals surface area contributed by atoms with Gasteiger partial charge < -0.3 is 19.3 Å². The van der Waals surface area contributed by atoms with Crippen molar-refractivity contribution in [3.63, 3.8) is 0 Å². The Morgan fingerprint density at radius 2 is 1.75 bits per heavy atom. The van der Waals surface area contributed by atoms with E-state index in [1.165, 1.54) is 7.11 Å². The van der Waals surface area contributed by atoms with Gasteiger partial charge in [0.15, 0.2) is 0 Å². The molecule has 128 valence electrons. The molecular formula is C17H23BN2O4. The van der Waals surface area contributed by atoms with Crippen LogP contribution in [0.1, 0.15) is 31.1 Å². The first-order valence-electron chi connectivity index (χ1n) is 7.92. The van der Waals surface area contributed by atoms with Crippen LogP contribution in [0, 0.1) is 0 Å². The average molecular weight is 330 g/mol. The summed E-state index contributed by atoms with van der Waals surface area (Å²) in [6.07, 6.45) is -0.295. The lowest BCUT2D eigenvalue weighted by Crippen LogP contribution is -2.51. The lowest BCUT2D eigenvalue weighted by Gasteiger charge is -2.37. The van der Waals surface area contributed by atoms with Crippen LogP contribution in [0.2, 0.25) is 0 Å². The van der Waals surface area contributed by atoms with Crippen molar-refractivity contribution >= 4 is 31.1 Å². The highest BCUT2D eigenvalue weighted by molar-refractivity contribution is 6.36. The Balaban J connectivity index is 2.00. The van der Waals surface area contributed by atoms with E-state index < -0.39 is 11.6 Å². The van der Waals surface area contributed by atoms with Crippen LogP contribution < -0.4 is 10.4 Å². The minimum Gasteiger partial charge on any atom is -0.465 e. The maximum Gasteiger partial charge on any atom is 0.410 e. The van der Waals surface area contributed by atoms with Crippen LogP contribution in [0.3, 0.4) is 0 Å². The van der Waals surface area contributed by atoms with Gasteiger partial charge in [0.05, 0.1) is 12.7 Å². The SMILES string of the molecule is [B]c1cc(C(=O)OC)ccc1N1CCN(C(=O)OC(C)(C)C)CC1. The zero-order chi connectivity index (χ0) is 17.9. The average Bonchev–Trinajstić information content (AvgIpc) is 2.52. The van der Waals surface area contributed by atoms with E-state index in [4.69, 9.17) is 17.3 Å². The highest BCUT2D eigenvalue weighted by atomic mass is 16.6. The fraction of sp³-hybridized carbons (Fsp3) is 0.529. The van der Waals surface area contributed by atoms with E-state index in [0.29, 0.717) is 37.2 Å². The molecule has 24 heavy (non-hydrogen) atoms. The molecule has 0 unspecified atom stereocenters. The van der Waals surface area contributed by atoms with Gasteiger partial charge in [0.2, 0.25) is 0 Å². The van der Waals surface area contributed by atoms with E-state index in [0.717, 1.165) is 5.69 Å². The molecule has 6 nitrogen and oxygen atoms in total. The fourth-order valence-corrected chi connectivity index (χ4v) is 2.54. The topological polar surface area (TPSA) is 59.1 Å². The zero-order valence-corrected chi connectivity index (χ0v) is 14.7. The van der Waals surface area contributed by atoms with Crippen molar-refractivity contribution < 1.29 is 19.1 Å². The third-order valence-electron chi connectivity index (χ3n) is 3.72. The van der Waals surface area contributed by atoms with Crippen molar-refractivity contribution in [3.05, 3.63) is 23.8 Å². The van der Waals surface area contributed by atoms with E-state index in [-0.39, 0.29) is 6.09 Å². The van der Waals surface area contributed by atoms with Crippen molar-refractivity contribution in [2.45, 2.75) is 26.4 Å². The zero-order valence-electron chi connectivity index (χ0n) is 14.7. The first-order valence-corrected chi connectivity index (χ1v) is 7.92. The standard InChI is InChI=1S/C17H23BN2O4/c1-17(2,3)24-16(22)20-9-7-19(8-10-20)14-6-5-12(11-13(14)18)15(21)23-4/h5-6,11H,7-10H2,1-4H3. The summed E-state index contributed by atoms with van der Waals surface area (Å²) in [5.41, 5.74) is 1.30. The number of ether oxygens (including phenoxy) is 2. The van der Waals surface area contributed by atoms with Crippen molar-refractivity contribution in [3.8, 4) is 0 Å². The predicted molar refractivity (Wildman–Crippen MR) is 93.2 cm³/mol. The maximum atomic E-state index is 12.1. The Labute approximate surface area is 144 Å². The van der Waals surface area contributed by atoms with Crippen molar-refractivity contribution in [1.29, 1.82) is 0 Å². The highest BCUT2D eigenvalue weighted by Gasteiger charge is 2.26. The minimum atomic E-state index is -0.498. The molecule has 1 aliphatic heterocycles. The van der Waals surface area contributed by atoms with Gasteiger partial charge in [-0.25, -0.2) is 9.59 Å². The van der Waals surface area contributed by atoms with Gasteiger partial charge in [-0.3, -0.25) is 0 Å². The van der Waals surface area contributed by atoms with E-state index >= 15 is 0 Å². The molecule has 0 spiro atoms.